The number of phenols is 1. The van der Waals surface area contributed by atoms with Crippen molar-refractivity contribution >= 4 is 13.4 Å². The van der Waals surface area contributed by atoms with Crippen LogP contribution in [0.3, 0.4) is 0 Å². The number of benzene rings is 1. The summed E-state index contributed by atoms with van der Waals surface area (Å²) in [6, 6.07) is 2.95. The van der Waals surface area contributed by atoms with Crippen molar-refractivity contribution in [2.24, 2.45) is 5.50 Å². The normalized spacial score (nSPS) is 14.9. The Morgan fingerprint density at radius 3 is 2.43 bits per heavy atom. The Morgan fingerprint density at radius 2 is 1.93 bits per heavy atom. The van der Waals surface area contributed by atoms with Crippen LogP contribution in [0.15, 0.2) is 12.1 Å². The van der Waals surface area contributed by atoms with E-state index in [0.717, 1.165) is 0 Å². The van der Waals surface area contributed by atoms with E-state index in [1.54, 1.807) is 13.8 Å². The molecule has 0 aliphatic rings. The van der Waals surface area contributed by atoms with E-state index >= 15 is 0 Å². The number of nitrogens with one attached hydrogen (secondary N) is 1. The molecule has 0 bridgehead atoms. The van der Waals surface area contributed by atoms with Crippen LogP contribution < -0.4 is 10.6 Å². The molecule has 5 nitrogen and oxygen atoms in total. The Morgan fingerprint density at radius 1 is 1.36 bits per heavy atom. The van der Waals surface area contributed by atoms with Gasteiger partial charge in [-0.25, -0.2) is 10.1 Å². The average Bonchev–Trinajstić information content (AvgIpc) is 2.04. The van der Waals surface area contributed by atoms with E-state index in [2.05, 4.69) is 5.09 Å². The van der Waals surface area contributed by atoms with Gasteiger partial charge in [-0.1, -0.05) is 0 Å². The second kappa shape index (κ2) is 3.61. The first-order valence-corrected chi connectivity index (χ1v) is 5.73. The van der Waals surface area contributed by atoms with Crippen molar-refractivity contribution in [3.63, 3.8) is 0 Å². The molecule has 5 N–H and O–H groups in total. The summed E-state index contributed by atoms with van der Waals surface area (Å²) in [5, 5.41) is 11.6. The molecule has 0 saturated carbocycles. The van der Waals surface area contributed by atoms with E-state index in [4.69, 9.17) is 10.4 Å². The quantitative estimate of drug-likeness (QED) is 0.443. The number of rotatable bonds is 2. The summed E-state index contributed by atoms with van der Waals surface area (Å²) in [5.41, 5.74) is 6.77. The van der Waals surface area contributed by atoms with Crippen molar-refractivity contribution in [1.82, 2.24) is 0 Å². The fourth-order valence-corrected chi connectivity index (χ4v) is 1.69. The van der Waals surface area contributed by atoms with Crippen LogP contribution >= 0.6 is 7.67 Å². The summed E-state index contributed by atoms with van der Waals surface area (Å²) >= 11 is 0. The topological polar surface area (TPSA) is 95.6 Å². The lowest BCUT2D eigenvalue weighted by molar-refractivity contribution is 0.470. The van der Waals surface area contributed by atoms with Crippen molar-refractivity contribution in [2.75, 3.05) is 5.09 Å². The van der Waals surface area contributed by atoms with Crippen LogP contribution in [0.4, 0.5) is 5.69 Å². The standard InChI is InChI=1S/C8H13N2O3P/c1-5-6(2)8(11)4-3-7(5)10-14(9,12)13/h3-4,11H,1-2H3,(H4,9,10,12,13). The van der Waals surface area contributed by atoms with E-state index in [1.807, 2.05) is 0 Å². The molecule has 14 heavy (non-hydrogen) atoms. The van der Waals surface area contributed by atoms with E-state index < -0.39 is 7.67 Å². The third-order valence-electron chi connectivity index (χ3n) is 2.04. The number of hydrogen-bond donors (Lipinski definition) is 4. The van der Waals surface area contributed by atoms with Gasteiger partial charge in [0.05, 0.1) is 0 Å². The van der Waals surface area contributed by atoms with Gasteiger partial charge >= 0.3 is 7.67 Å². The Bertz CT molecular complexity index is 400. The molecule has 1 aromatic carbocycles. The van der Waals surface area contributed by atoms with Crippen molar-refractivity contribution < 1.29 is 14.6 Å². The molecule has 0 aromatic heterocycles. The molecular weight excluding hydrogens is 203 g/mol. The molecule has 0 aliphatic heterocycles. The fourth-order valence-electron chi connectivity index (χ4n) is 1.10. The molecule has 0 aliphatic carbocycles. The van der Waals surface area contributed by atoms with Gasteiger partial charge in [-0.2, -0.15) is 0 Å². The molecule has 1 atom stereocenters. The molecule has 0 spiro atoms. The molecule has 0 saturated heterocycles. The van der Waals surface area contributed by atoms with Crippen LogP contribution in [-0.4, -0.2) is 10.00 Å². The van der Waals surface area contributed by atoms with Gasteiger partial charge in [-0.15, -0.1) is 0 Å². The van der Waals surface area contributed by atoms with Crippen molar-refractivity contribution in [3.05, 3.63) is 23.3 Å². The van der Waals surface area contributed by atoms with E-state index in [9.17, 15) is 9.67 Å². The Hall–Kier alpha value is -1.03. The number of phenolic OH excluding ortho intramolecular Hbond substituents is 1. The Balaban J connectivity index is 3.12. The first-order valence-electron chi connectivity index (χ1n) is 4.00. The molecule has 1 aromatic rings. The predicted molar refractivity (Wildman–Crippen MR) is 55.2 cm³/mol. The lowest BCUT2D eigenvalue weighted by Crippen LogP contribution is -2.05. The zero-order valence-corrected chi connectivity index (χ0v) is 8.88. The van der Waals surface area contributed by atoms with Gasteiger partial charge in [0.25, 0.3) is 0 Å². The highest BCUT2D eigenvalue weighted by atomic mass is 31.2. The minimum absolute atomic E-state index is 0.151. The molecule has 1 rings (SSSR count). The minimum atomic E-state index is -3.78. The average molecular weight is 216 g/mol. The second-order valence-electron chi connectivity index (χ2n) is 3.12. The van der Waals surface area contributed by atoms with Crippen LogP contribution in [0.25, 0.3) is 0 Å². The van der Waals surface area contributed by atoms with E-state index in [1.165, 1.54) is 12.1 Å². The van der Waals surface area contributed by atoms with Crippen LogP contribution in [0.1, 0.15) is 11.1 Å². The van der Waals surface area contributed by atoms with Crippen LogP contribution in [0.2, 0.25) is 0 Å². The Labute approximate surface area is 82.1 Å². The molecule has 1 unspecified atom stereocenters. The minimum Gasteiger partial charge on any atom is -0.508 e. The summed E-state index contributed by atoms with van der Waals surface area (Å²) in [7, 11) is -3.78. The zero-order valence-electron chi connectivity index (χ0n) is 7.98. The number of hydrogen-bond acceptors (Lipinski definition) is 2. The predicted octanol–water partition coefficient (Wildman–Crippen LogP) is 1.48. The van der Waals surface area contributed by atoms with Crippen molar-refractivity contribution in [2.45, 2.75) is 13.8 Å². The van der Waals surface area contributed by atoms with Gasteiger partial charge in [0.2, 0.25) is 0 Å². The Kier molecular flexibility index (Phi) is 2.85. The van der Waals surface area contributed by atoms with Gasteiger partial charge in [0.1, 0.15) is 5.75 Å². The maximum absolute atomic E-state index is 10.9. The van der Waals surface area contributed by atoms with Crippen molar-refractivity contribution in [3.8, 4) is 5.75 Å². The highest BCUT2D eigenvalue weighted by Crippen LogP contribution is 2.35. The molecule has 0 fully saturated rings. The molecule has 6 heteroatoms. The lowest BCUT2D eigenvalue weighted by atomic mass is 10.1. The SMILES string of the molecule is Cc1c(O)ccc(NP(N)(=O)O)c1C. The molecule has 0 radical (unpaired) electrons. The van der Waals surface area contributed by atoms with Gasteiger partial charge in [-0.3, -0.25) is 0 Å². The highest BCUT2D eigenvalue weighted by molar-refractivity contribution is 7.57. The fraction of sp³-hybridized carbons (Fsp3) is 0.250. The van der Waals surface area contributed by atoms with Crippen molar-refractivity contribution in [1.29, 1.82) is 0 Å². The number of nitrogens with two attached hydrogens (primary N) is 1. The summed E-state index contributed by atoms with van der Waals surface area (Å²) in [5.74, 6) is 0.151. The summed E-state index contributed by atoms with van der Waals surface area (Å²) in [6.07, 6.45) is 0. The third-order valence-corrected chi connectivity index (χ3v) is 2.60. The highest BCUT2D eigenvalue weighted by Gasteiger charge is 2.13. The zero-order chi connectivity index (χ0) is 10.9. The lowest BCUT2D eigenvalue weighted by Gasteiger charge is -2.13. The summed E-state index contributed by atoms with van der Waals surface area (Å²) in [4.78, 5) is 8.92. The van der Waals surface area contributed by atoms with Gasteiger partial charge in [-0.05, 0) is 37.1 Å². The maximum atomic E-state index is 10.9. The van der Waals surface area contributed by atoms with Crippen LogP contribution in [0.5, 0.6) is 5.75 Å². The van der Waals surface area contributed by atoms with Gasteiger partial charge in [0, 0.05) is 5.69 Å². The number of anilines is 1. The van der Waals surface area contributed by atoms with Crippen LogP contribution in [0, 0.1) is 13.8 Å². The largest absolute Gasteiger partial charge is 0.508 e. The van der Waals surface area contributed by atoms with Gasteiger partial charge < -0.3 is 15.1 Å². The molecule has 0 amide bonds. The van der Waals surface area contributed by atoms with Crippen LogP contribution in [-0.2, 0) is 4.57 Å². The summed E-state index contributed by atoms with van der Waals surface area (Å²) in [6.45, 7) is 3.45. The van der Waals surface area contributed by atoms with Gasteiger partial charge in [0.15, 0.2) is 0 Å². The second-order valence-corrected chi connectivity index (χ2v) is 4.59. The molecular formula is C8H13N2O3P. The first-order chi connectivity index (χ1) is 6.31. The molecule has 78 valence electrons. The molecule has 0 heterocycles. The maximum Gasteiger partial charge on any atom is 0.360 e. The smallest absolute Gasteiger partial charge is 0.360 e. The van der Waals surface area contributed by atoms with E-state index in [-0.39, 0.29) is 5.75 Å². The number of aromatic hydroxyl groups is 1. The monoisotopic (exact) mass is 216 g/mol. The third kappa shape index (κ3) is 2.48. The summed E-state index contributed by atoms with van der Waals surface area (Å²) < 4.78 is 10.9. The first kappa shape index (κ1) is 11.0. The van der Waals surface area contributed by atoms with E-state index in [0.29, 0.717) is 16.8 Å².